The molecular formula is C17H22N2O2+2. The van der Waals surface area contributed by atoms with Gasteiger partial charge in [-0.15, -0.1) is 0 Å². The van der Waals surface area contributed by atoms with Gasteiger partial charge in [0, 0.05) is 12.1 Å². The maximum absolute atomic E-state index is 5.40. The fourth-order valence-corrected chi connectivity index (χ4v) is 3.14. The minimum atomic E-state index is 0.437. The van der Waals surface area contributed by atoms with Crippen LogP contribution in [0.2, 0.25) is 0 Å². The molecule has 4 heteroatoms. The Kier molecular flexibility index (Phi) is 3.53. The van der Waals surface area contributed by atoms with Gasteiger partial charge in [0.05, 0.1) is 32.8 Å². The molecule has 0 spiro atoms. The normalized spacial score (nSPS) is 20.2. The van der Waals surface area contributed by atoms with Gasteiger partial charge in [0.15, 0.2) is 24.5 Å². The average Bonchev–Trinajstić information content (AvgIpc) is 2.62. The zero-order valence-electron chi connectivity index (χ0n) is 13.0. The summed E-state index contributed by atoms with van der Waals surface area (Å²) in [5.41, 5.74) is 2.32. The molecule has 1 aliphatic rings. The molecule has 0 radical (unpaired) electrons. The summed E-state index contributed by atoms with van der Waals surface area (Å²) in [7, 11) is 3.41. The Labute approximate surface area is 125 Å². The number of rotatable bonds is 2. The lowest BCUT2D eigenvalue weighted by atomic mass is 10.1. The number of aromatic nitrogens is 2. The minimum Gasteiger partial charge on any atom is -0.496 e. The molecule has 3 heterocycles. The molecule has 21 heavy (non-hydrogen) atoms. The van der Waals surface area contributed by atoms with Gasteiger partial charge in [-0.25, -0.2) is 0 Å². The molecule has 0 aromatic carbocycles. The van der Waals surface area contributed by atoms with E-state index in [1.165, 1.54) is 0 Å². The van der Waals surface area contributed by atoms with Gasteiger partial charge in [0.25, 0.3) is 11.4 Å². The van der Waals surface area contributed by atoms with Gasteiger partial charge in [-0.1, -0.05) is 0 Å². The Balaban J connectivity index is 2.28. The van der Waals surface area contributed by atoms with Crippen LogP contribution in [0.3, 0.4) is 0 Å². The first-order valence-electron chi connectivity index (χ1n) is 7.32. The van der Waals surface area contributed by atoms with E-state index in [1.807, 2.05) is 12.1 Å². The van der Waals surface area contributed by atoms with Crippen molar-refractivity contribution in [1.29, 1.82) is 0 Å². The molecule has 110 valence electrons. The Bertz CT molecular complexity index is 612. The number of methoxy groups -OCH3 is 2. The predicted molar refractivity (Wildman–Crippen MR) is 79.4 cm³/mol. The molecule has 1 aliphatic heterocycles. The maximum Gasteiger partial charge on any atom is 0.281 e. The van der Waals surface area contributed by atoms with Crippen LogP contribution in [0.1, 0.15) is 32.4 Å². The minimum absolute atomic E-state index is 0.437. The molecule has 0 bridgehead atoms. The van der Waals surface area contributed by atoms with Crippen LogP contribution in [0.25, 0.3) is 11.4 Å². The lowest BCUT2D eigenvalue weighted by molar-refractivity contribution is -0.716. The summed E-state index contributed by atoms with van der Waals surface area (Å²) in [6.45, 7) is 4.52. The first-order valence-corrected chi connectivity index (χ1v) is 7.32. The first-order chi connectivity index (χ1) is 10.1. The highest BCUT2D eigenvalue weighted by Crippen LogP contribution is 2.28. The van der Waals surface area contributed by atoms with Gasteiger partial charge in [-0.05, 0) is 13.8 Å². The summed E-state index contributed by atoms with van der Waals surface area (Å²) in [5.74, 6) is 1.75. The van der Waals surface area contributed by atoms with Crippen molar-refractivity contribution in [2.45, 2.75) is 32.4 Å². The van der Waals surface area contributed by atoms with Crippen molar-refractivity contribution < 1.29 is 18.6 Å². The SMILES string of the molecule is COc1cc[n+]2c(c1)-c1cc(OC)cc[n+]1C(C)CC2C. The first kappa shape index (κ1) is 13.9. The van der Waals surface area contributed by atoms with E-state index in [9.17, 15) is 0 Å². The Hall–Kier alpha value is -2.10. The van der Waals surface area contributed by atoms with Crippen molar-refractivity contribution in [2.75, 3.05) is 14.2 Å². The molecule has 2 atom stereocenters. The fraction of sp³-hybridized carbons (Fsp3) is 0.412. The molecule has 0 amide bonds. The van der Waals surface area contributed by atoms with Gasteiger partial charge in [-0.2, -0.15) is 9.13 Å². The number of fused-ring (bicyclic) bond motifs is 3. The molecule has 0 saturated heterocycles. The number of nitrogens with zero attached hydrogens (tertiary/aromatic N) is 2. The molecule has 0 fully saturated rings. The topological polar surface area (TPSA) is 26.2 Å². The van der Waals surface area contributed by atoms with E-state index in [4.69, 9.17) is 9.47 Å². The molecule has 2 aromatic rings. The highest BCUT2D eigenvalue weighted by atomic mass is 16.5. The van der Waals surface area contributed by atoms with E-state index in [0.717, 1.165) is 29.3 Å². The summed E-state index contributed by atoms with van der Waals surface area (Å²) in [4.78, 5) is 0. The standard InChI is InChI=1S/C17H22N2O2/c1-12-9-13(2)19-8-6-15(21-4)11-17(19)16-10-14(20-3)5-7-18(12)16/h5-8,10-13H,9H2,1-4H3/q+2. The van der Waals surface area contributed by atoms with Crippen LogP contribution in [0.15, 0.2) is 36.7 Å². The van der Waals surface area contributed by atoms with Crippen molar-refractivity contribution >= 4 is 0 Å². The van der Waals surface area contributed by atoms with Crippen molar-refractivity contribution in [3.8, 4) is 22.9 Å². The monoisotopic (exact) mass is 286 g/mol. The van der Waals surface area contributed by atoms with E-state index in [1.54, 1.807) is 14.2 Å². The van der Waals surface area contributed by atoms with Crippen molar-refractivity contribution in [2.24, 2.45) is 0 Å². The summed E-state index contributed by atoms with van der Waals surface area (Å²) in [6, 6.07) is 9.10. The van der Waals surface area contributed by atoms with Gasteiger partial charge >= 0.3 is 0 Å². The van der Waals surface area contributed by atoms with Crippen LogP contribution in [0.5, 0.6) is 11.5 Å². The molecule has 4 nitrogen and oxygen atoms in total. The Morgan fingerprint density at radius 3 is 1.67 bits per heavy atom. The van der Waals surface area contributed by atoms with Crippen molar-refractivity contribution in [1.82, 2.24) is 0 Å². The quantitative estimate of drug-likeness (QED) is 0.793. The summed E-state index contributed by atoms with van der Waals surface area (Å²) >= 11 is 0. The molecule has 2 aromatic heterocycles. The Morgan fingerprint density at radius 2 is 1.29 bits per heavy atom. The predicted octanol–water partition coefficient (Wildman–Crippen LogP) is 2.47. The number of ether oxygens (including phenoxy) is 2. The van der Waals surface area contributed by atoms with Crippen LogP contribution < -0.4 is 18.6 Å². The third-order valence-corrected chi connectivity index (χ3v) is 4.28. The Morgan fingerprint density at radius 1 is 0.857 bits per heavy atom. The van der Waals surface area contributed by atoms with Gasteiger partial charge < -0.3 is 9.47 Å². The second-order valence-corrected chi connectivity index (χ2v) is 5.65. The second-order valence-electron chi connectivity index (χ2n) is 5.65. The van der Waals surface area contributed by atoms with Crippen LogP contribution in [0, 0.1) is 0 Å². The van der Waals surface area contributed by atoms with Gasteiger partial charge in [-0.3, -0.25) is 0 Å². The van der Waals surface area contributed by atoms with Crippen molar-refractivity contribution in [3.63, 3.8) is 0 Å². The molecule has 2 unspecified atom stereocenters. The van der Waals surface area contributed by atoms with Crippen LogP contribution in [-0.4, -0.2) is 14.2 Å². The van der Waals surface area contributed by atoms with E-state index in [2.05, 4.69) is 47.5 Å². The molecule has 3 rings (SSSR count). The largest absolute Gasteiger partial charge is 0.496 e. The molecule has 0 N–H and O–H groups in total. The van der Waals surface area contributed by atoms with Gasteiger partial charge in [0.2, 0.25) is 0 Å². The lowest BCUT2D eigenvalue weighted by Gasteiger charge is -2.07. The van der Waals surface area contributed by atoms with E-state index >= 15 is 0 Å². The highest BCUT2D eigenvalue weighted by molar-refractivity contribution is 5.52. The summed E-state index contributed by atoms with van der Waals surface area (Å²) in [6.07, 6.45) is 5.31. The third-order valence-electron chi connectivity index (χ3n) is 4.28. The zero-order chi connectivity index (χ0) is 15.0. The number of pyridine rings is 2. The lowest BCUT2D eigenvalue weighted by Crippen LogP contribution is -2.39. The molecular weight excluding hydrogens is 264 g/mol. The number of hydrogen-bond acceptors (Lipinski definition) is 2. The fourth-order valence-electron chi connectivity index (χ4n) is 3.14. The van der Waals surface area contributed by atoms with Crippen LogP contribution >= 0.6 is 0 Å². The third kappa shape index (κ3) is 2.35. The number of hydrogen-bond donors (Lipinski definition) is 0. The smallest absolute Gasteiger partial charge is 0.281 e. The maximum atomic E-state index is 5.40. The zero-order valence-corrected chi connectivity index (χ0v) is 13.0. The second kappa shape index (κ2) is 5.35. The van der Waals surface area contributed by atoms with E-state index < -0.39 is 0 Å². The van der Waals surface area contributed by atoms with Crippen LogP contribution in [0.4, 0.5) is 0 Å². The molecule has 0 aliphatic carbocycles. The summed E-state index contributed by atoms with van der Waals surface area (Å²) < 4.78 is 15.4. The molecule has 0 saturated carbocycles. The van der Waals surface area contributed by atoms with Gasteiger partial charge in [0.1, 0.15) is 11.5 Å². The summed E-state index contributed by atoms with van der Waals surface area (Å²) in [5, 5.41) is 0. The van der Waals surface area contributed by atoms with E-state index in [-0.39, 0.29) is 0 Å². The van der Waals surface area contributed by atoms with Crippen molar-refractivity contribution in [3.05, 3.63) is 36.7 Å². The van der Waals surface area contributed by atoms with E-state index in [0.29, 0.717) is 12.1 Å². The average molecular weight is 286 g/mol. The highest BCUT2D eigenvalue weighted by Gasteiger charge is 2.36. The van der Waals surface area contributed by atoms with Crippen LogP contribution in [-0.2, 0) is 0 Å².